The summed E-state index contributed by atoms with van der Waals surface area (Å²) in [5, 5.41) is 11.5. The molecule has 0 atom stereocenters. The summed E-state index contributed by atoms with van der Waals surface area (Å²) in [6.45, 7) is 0. The van der Waals surface area contributed by atoms with Crippen molar-refractivity contribution in [2.45, 2.75) is 0 Å². The Balaban J connectivity index is 2.83. The molecule has 0 aliphatic rings. The largest absolute Gasteiger partial charge is 0.476 e. The molecule has 0 bridgehead atoms. The lowest BCUT2D eigenvalue weighted by Gasteiger charge is -2.18. The average molecular weight is 352 g/mol. The third-order valence-corrected chi connectivity index (χ3v) is 3.61. The number of methoxy groups -OCH3 is 1. The van der Waals surface area contributed by atoms with Gasteiger partial charge in [-0.3, -0.25) is 10.1 Å². The Kier molecular flexibility index (Phi) is 4.42. The number of benzene rings is 1. The number of ether oxygens (including phenoxy) is 1. The number of halogens is 1. The van der Waals surface area contributed by atoms with E-state index in [1.807, 2.05) is 43.3 Å². The van der Waals surface area contributed by atoms with Gasteiger partial charge >= 0.3 is 5.69 Å². The van der Waals surface area contributed by atoms with Crippen LogP contribution in [0.25, 0.3) is 11.1 Å². The minimum atomic E-state index is -0.474. The number of rotatable bonds is 4. The Hall–Kier alpha value is -2.15. The third kappa shape index (κ3) is 2.82. The molecule has 0 amide bonds. The SMILES string of the molecule is COc1ncc(Br)c(-c2ccccc2N(C)C)c1[N+](=O)[O-]. The van der Waals surface area contributed by atoms with Crippen LogP contribution in [0.4, 0.5) is 11.4 Å². The van der Waals surface area contributed by atoms with E-state index in [0.29, 0.717) is 10.0 Å². The van der Waals surface area contributed by atoms with Gasteiger partial charge in [0, 0.05) is 31.5 Å². The van der Waals surface area contributed by atoms with Crippen molar-refractivity contribution in [1.29, 1.82) is 0 Å². The van der Waals surface area contributed by atoms with E-state index < -0.39 is 4.92 Å². The van der Waals surface area contributed by atoms with Crippen LogP contribution in [0.5, 0.6) is 5.88 Å². The van der Waals surface area contributed by atoms with E-state index in [1.165, 1.54) is 13.3 Å². The van der Waals surface area contributed by atoms with Gasteiger partial charge in [0.05, 0.1) is 22.1 Å². The van der Waals surface area contributed by atoms with Gasteiger partial charge in [0.1, 0.15) is 0 Å². The summed E-state index contributed by atoms with van der Waals surface area (Å²) < 4.78 is 5.58. The van der Waals surface area contributed by atoms with Crippen molar-refractivity contribution in [3.8, 4) is 17.0 Å². The van der Waals surface area contributed by atoms with Crippen molar-refractivity contribution in [1.82, 2.24) is 4.98 Å². The summed E-state index contributed by atoms with van der Waals surface area (Å²) in [4.78, 5) is 16.8. The summed E-state index contributed by atoms with van der Waals surface area (Å²) in [5.74, 6) is -0.00763. The molecule has 21 heavy (non-hydrogen) atoms. The average Bonchev–Trinajstić information content (AvgIpc) is 2.46. The maximum Gasteiger partial charge on any atom is 0.339 e. The van der Waals surface area contributed by atoms with Gasteiger partial charge in [-0.05, 0) is 22.0 Å². The highest BCUT2D eigenvalue weighted by molar-refractivity contribution is 9.10. The van der Waals surface area contributed by atoms with Crippen LogP contribution in [0.15, 0.2) is 34.9 Å². The molecule has 0 saturated carbocycles. The molecule has 0 saturated heterocycles. The van der Waals surface area contributed by atoms with Crippen molar-refractivity contribution < 1.29 is 9.66 Å². The summed E-state index contributed by atoms with van der Waals surface area (Å²) in [6, 6.07) is 7.46. The maximum absolute atomic E-state index is 11.5. The van der Waals surface area contributed by atoms with Gasteiger partial charge in [-0.1, -0.05) is 18.2 Å². The predicted molar refractivity (Wildman–Crippen MR) is 84.9 cm³/mol. The summed E-state index contributed by atoms with van der Waals surface area (Å²) in [5.41, 5.74) is 1.91. The minimum Gasteiger partial charge on any atom is -0.476 e. The number of hydrogen-bond acceptors (Lipinski definition) is 5. The van der Waals surface area contributed by atoms with Crippen LogP contribution in [0.2, 0.25) is 0 Å². The van der Waals surface area contributed by atoms with Crippen molar-refractivity contribution in [3.63, 3.8) is 0 Å². The number of nitro groups is 1. The van der Waals surface area contributed by atoms with Crippen molar-refractivity contribution in [2.24, 2.45) is 0 Å². The summed E-state index contributed by atoms with van der Waals surface area (Å²) >= 11 is 3.36. The second kappa shape index (κ2) is 6.09. The number of aromatic nitrogens is 1. The van der Waals surface area contributed by atoms with Crippen LogP contribution in [0.1, 0.15) is 0 Å². The molecule has 1 heterocycles. The van der Waals surface area contributed by atoms with Gasteiger partial charge in [-0.2, -0.15) is 0 Å². The number of pyridine rings is 1. The highest BCUT2D eigenvalue weighted by atomic mass is 79.9. The highest BCUT2D eigenvalue weighted by Gasteiger charge is 2.27. The van der Waals surface area contributed by atoms with E-state index in [-0.39, 0.29) is 11.6 Å². The van der Waals surface area contributed by atoms with E-state index >= 15 is 0 Å². The van der Waals surface area contributed by atoms with Gasteiger partial charge in [0.2, 0.25) is 0 Å². The van der Waals surface area contributed by atoms with Gasteiger partial charge in [-0.25, -0.2) is 4.98 Å². The van der Waals surface area contributed by atoms with Gasteiger partial charge in [0.15, 0.2) is 0 Å². The molecule has 2 rings (SSSR count). The second-order valence-electron chi connectivity index (χ2n) is 4.51. The van der Waals surface area contributed by atoms with Crippen molar-refractivity contribution in [2.75, 3.05) is 26.1 Å². The van der Waals surface area contributed by atoms with E-state index in [0.717, 1.165) is 11.3 Å². The van der Waals surface area contributed by atoms with Crippen LogP contribution in [-0.4, -0.2) is 31.1 Å². The molecule has 1 aromatic heterocycles. The lowest BCUT2D eigenvalue weighted by atomic mass is 10.0. The molecular formula is C14H14BrN3O3. The third-order valence-electron chi connectivity index (χ3n) is 3.00. The number of nitrogens with zero attached hydrogens (tertiary/aromatic N) is 3. The number of para-hydroxylation sites is 1. The van der Waals surface area contributed by atoms with Crippen LogP contribution in [0, 0.1) is 10.1 Å². The van der Waals surface area contributed by atoms with Crippen molar-refractivity contribution in [3.05, 3.63) is 45.0 Å². The second-order valence-corrected chi connectivity index (χ2v) is 5.36. The molecule has 0 spiro atoms. The fraction of sp³-hybridized carbons (Fsp3) is 0.214. The molecular weight excluding hydrogens is 338 g/mol. The Labute approximate surface area is 130 Å². The zero-order valence-corrected chi connectivity index (χ0v) is 13.4. The zero-order chi connectivity index (χ0) is 15.6. The standard InChI is InChI=1S/C14H14BrN3O3/c1-17(2)11-7-5-4-6-9(11)12-10(15)8-16-14(21-3)13(12)18(19)20/h4-8H,1-3H3. The van der Waals surface area contributed by atoms with E-state index in [9.17, 15) is 10.1 Å². The molecule has 110 valence electrons. The van der Waals surface area contributed by atoms with E-state index in [4.69, 9.17) is 4.74 Å². The molecule has 0 N–H and O–H groups in total. The molecule has 1 aromatic carbocycles. The zero-order valence-electron chi connectivity index (χ0n) is 11.8. The Morgan fingerprint density at radius 3 is 2.57 bits per heavy atom. The molecule has 0 radical (unpaired) electrons. The Morgan fingerprint density at radius 1 is 1.33 bits per heavy atom. The van der Waals surface area contributed by atoms with Crippen molar-refractivity contribution >= 4 is 27.3 Å². The number of anilines is 1. The quantitative estimate of drug-likeness (QED) is 0.622. The Bertz CT molecular complexity index is 689. The van der Waals surface area contributed by atoms with E-state index in [1.54, 1.807) is 0 Å². The molecule has 2 aromatic rings. The molecule has 0 unspecified atom stereocenters. The fourth-order valence-corrected chi connectivity index (χ4v) is 2.61. The minimum absolute atomic E-state index is 0.00763. The first-order valence-electron chi connectivity index (χ1n) is 6.11. The molecule has 0 aliphatic carbocycles. The molecule has 6 nitrogen and oxygen atoms in total. The van der Waals surface area contributed by atoms with Gasteiger partial charge < -0.3 is 9.64 Å². The smallest absolute Gasteiger partial charge is 0.339 e. The summed E-state index contributed by atoms with van der Waals surface area (Å²) in [6.07, 6.45) is 1.51. The lowest BCUT2D eigenvalue weighted by molar-refractivity contribution is -0.385. The highest BCUT2D eigenvalue weighted by Crippen LogP contribution is 2.44. The van der Waals surface area contributed by atoms with Crippen LogP contribution >= 0.6 is 15.9 Å². The molecule has 7 heteroatoms. The predicted octanol–water partition coefficient (Wildman–Crippen LogP) is 3.49. The van der Waals surface area contributed by atoms with Crippen LogP contribution in [0.3, 0.4) is 0 Å². The monoisotopic (exact) mass is 351 g/mol. The first-order chi connectivity index (χ1) is 9.97. The first kappa shape index (κ1) is 15.2. The van der Waals surface area contributed by atoms with Crippen LogP contribution < -0.4 is 9.64 Å². The lowest BCUT2D eigenvalue weighted by Crippen LogP contribution is -2.10. The Morgan fingerprint density at radius 2 is 2.00 bits per heavy atom. The van der Waals surface area contributed by atoms with Crippen LogP contribution in [-0.2, 0) is 0 Å². The molecule has 0 fully saturated rings. The molecule has 0 aliphatic heterocycles. The fourth-order valence-electron chi connectivity index (χ4n) is 2.11. The van der Waals surface area contributed by atoms with Gasteiger partial charge in [0.25, 0.3) is 5.88 Å². The number of hydrogen-bond donors (Lipinski definition) is 0. The van der Waals surface area contributed by atoms with E-state index in [2.05, 4.69) is 20.9 Å². The maximum atomic E-state index is 11.5. The normalized spacial score (nSPS) is 10.3. The summed E-state index contributed by atoms with van der Waals surface area (Å²) in [7, 11) is 5.14. The topological polar surface area (TPSA) is 68.5 Å². The first-order valence-corrected chi connectivity index (χ1v) is 6.90. The van der Waals surface area contributed by atoms with Gasteiger partial charge in [-0.15, -0.1) is 0 Å².